The molecule has 5 aromatic rings. The largest absolute Gasteiger partial charge is 0.451 e. The number of amides is 1. The minimum absolute atomic E-state index is 0.00729. The second-order valence-electron chi connectivity index (χ2n) is 11.6. The quantitative estimate of drug-likeness (QED) is 0.205. The van der Waals surface area contributed by atoms with Crippen LogP contribution in [0, 0.1) is 5.92 Å². The molecule has 1 aliphatic heterocycles. The summed E-state index contributed by atoms with van der Waals surface area (Å²) in [5, 5.41) is 4.79. The summed E-state index contributed by atoms with van der Waals surface area (Å²) in [6.45, 7) is 7.66. The Hall–Kier alpha value is -4.32. The lowest BCUT2D eigenvalue weighted by Gasteiger charge is -2.34. The smallest absolute Gasteiger partial charge is 0.352 e. The third kappa shape index (κ3) is 5.10. The Morgan fingerprint density at radius 3 is 2.38 bits per heavy atom. The molecule has 0 saturated carbocycles. The molecule has 0 aliphatic carbocycles. The van der Waals surface area contributed by atoms with Crippen molar-refractivity contribution in [1.82, 2.24) is 14.2 Å². The molecule has 1 saturated heterocycles. The van der Waals surface area contributed by atoms with Crippen LogP contribution in [0.5, 0.6) is 0 Å². The Labute approximate surface area is 242 Å². The number of aromatic nitrogens is 3. The summed E-state index contributed by atoms with van der Waals surface area (Å²) in [7, 11) is -1.28. The maximum Gasteiger partial charge on any atom is 0.352 e. The topological polar surface area (TPSA) is 131 Å². The summed E-state index contributed by atoms with van der Waals surface area (Å²) in [5.74, 6) is 0.626. The highest BCUT2D eigenvalue weighted by Crippen LogP contribution is 2.35. The molecule has 215 valence electrons. The van der Waals surface area contributed by atoms with Crippen molar-refractivity contribution in [2.75, 3.05) is 13.2 Å². The van der Waals surface area contributed by atoms with Crippen LogP contribution in [-0.2, 0) is 21.0 Å². The fraction of sp³-hybridized carbons (Fsp3) is 0.258. The van der Waals surface area contributed by atoms with Gasteiger partial charge in [0.2, 0.25) is 17.0 Å². The van der Waals surface area contributed by atoms with Crippen LogP contribution in [0.15, 0.2) is 80.9 Å². The predicted molar refractivity (Wildman–Crippen MR) is 162 cm³/mol. The molecule has 10 nitrogen and oxygen atoms in total. The van der Waals surface area contributed by atoms with E-state index in [1.165, 1.54) is 15.3 Å². The van der Waals surface area contributed by atoms with Gasteiger partial charge in [-0.15, -0.1) is 5.10 Å². The van der Waals surface area contributed by atoms with Crippen molar-refractivity contribution in [2.24, 2.45) is 5.73 Å². The van der Waals surface area contributed by atoms with E-state index in [4.69, 9.17) is 19.6 Å². The molecule has 11 heteroatoms. The van der Waals surface area contributed by atoms with Crippen LogP contribution in [0.25, 0.3) is 39.1 Å². The van der Waals surface area contributed by atoms with Gasteiger partial charge in [0.25, 0.3) is 0 Å². The predicted octanol–water partition coefficient (Wildman–Crippen LogP) is 4.06. The molecular formula is C31H31N4O6Si. The Kier molecular flexibility index (Phi) is 7.17. The molecule has 4 heterocycles. The molecule has 42 heavy (non-hydrogen) atoms. The molecule has 1 unspecified atom stereocenters. The average molecular weight is 584 g/mol. The highest BCUT2D eigenvalue weighted by Gasteiger charge is 2.38. The Morgan fingerprint density at radius 1 is 1.02 bits per heavy atom. The monoisotopic (exact) mass is 583 g/mol. The summed E-state index contributed by atoms with van der Waals surface area (Å²) in [6.07, 6.45) is 0.798. The van der Waals surface area contributed by atoms with Crippen LogP contribution >= 0.6 is 0 Å². The molecule has 2 aromatic carbocycles. The number of carbonyl (C=O) groups is 1. The minimum Gasteiger partial charge on any atom is -0.451 e. The zero-order chi connectivity index (χ0) is 29.6. The van der Waals surface area contributed by atoms with Crippen molar-refractivity contribution in [1.29, 1.82) is 0 Å². The van der Waals surface area contributed by atoms with Crippen LogP contribution < -0.4 is 16.9 Å². The summed E-state index contributed by atoms with van der Waals surface area (Å²) in [6, 6.07) is 19.2. The van der Waals surface area contributed by atoms with E-state index in [1.54, 1.807) is 6.07 Å². The first-order chi connectivity index (χ1) is 20.1. The van der Waals surface area contributed by atoms with Gasteiger partial charge >= 0.3 is 5.69 Å². The number of hydrogen-bond donors (Lipinski definition) is 1. The van der Waals surface area contributed by atoms with Crippen molar-refractivity contribution in [2.45, 2.75) is 38.5 Å². The van der Waals surface area contributed by atoms with Gasteiger partial charge in [0.15, 0.2) is 5.58 Å². The van der Waals surface area contributed by atoms with Gasteiger partial charge in [-0.05, 0) is 23.2 Å². The van der Waals surface area contributed by atoms with E-state index in [-0.39, 0.29) is 29.1 Å². The zero-order valence-electron chi connectivity index (χ0n) is 23.6. The minimum atomic E-state index is -1.28. The number of pyridine rings is 1. The van der Waals surface area contributed by atoms with E-state index >= 15 is 0 Å². The molecule has 6 rings (SSSR count). The van der Waals surface area contributed by atoms with Crippen LogP contribution in [0.1, 0.15) is 5.56 Å². The summed E-state index contributed by atoms with van der Waals surface area (Å²) < 4.78 is 20.1. The van der Waals surface area contributed by atoms with E-state index in [2.05, 4.69) is 24.7 Å². The number of nitrogens with two attached hydrogens (primary N) is 1. The van der Waals surface area contributed by atoms with Crippen molar-refractivity contribution in [3.8, 4) is 22.5 Å². The number of carbonyl (C=O) groups excluding carboxylic acids is 1. The molecule has 0 bridgehead atoms. The van der Waals surface area contributed by atoms with Gasteiger partial charge < -0.3 is 19.6 Å². The Balaban J connectivity index is 1.45. The van der Waals surface area contributed by atoms with E-state index in [9.17, 15) is 14.4 Å². The number of nitrogens with zero attached hydrogens (tertiary/aromatic N) is 3. The number of ether oxygens (including phenoxy) is 2. The van der Waals surface area contributed by atoms with Gasteiger partial charge in [0.1, 0.15) is 18.6 Å². The van der Waals surface area contributed by atoms with Crippen LogP contribution in [0.3, 0.4) is 0 Å². The number of benzene rings is 2. The zero-order valence-corrected chi connectivity index (χ0v) is 24.6. The fourth-order valence-corrected chi connectivity index (χ4v) is 5.74. The highest BCUT2D eigenvalue weighted by molar-refractivity contribution is 6.76. The second kappa shape index (κ2) is 10.8. The molecule has 1 atom stereocenters. The van der Waals surface area contributed by atoms with Gasteiger partial charge in [-0.1, -0.05) is 74.2 Å². The normalized spacial score (nSPS) is 15.7. The molecular weight excluding hydrogens is 552 g/mol. The van der Waals surface area contributed by atoms with E-state index < -0.39 is 20.1 Å². The number of primary amides is 1. The van der Waals surface area contributed by atoms with Gasteiger partial charge in [-0.2, -0.15) is 4.68 Å². The second-order valence-corrected chi connectivity index (χ2v) is 17.2. The first-order valence-corrected chi connectivity index (χ1v) is 17.4. The van der Waals surface area contributed by atoms with Crippen molar-refractivity contribution in [3.05, 3.63) is 99.0 Å². The third-order valence-corrected chi connectivity index (χ3v) is 9.09. The molecule has 0 spiro atoms. The third-order valence-electron chi connectivity index (χ3n) is 7.38. The first-order valence-electron chi connectivity index (χ1n) is 13.7. The number of rotatable bonds is 9. The van der Waals surface area contributed by atoms with E-state index in [1.807, 2.05) is 54.6 Å². The van der Waals surface area contributed by atoms with E-state index in [0.29, 0.717) is 41.1 Å². The van der Waals surface area contributed by atoms with Crippen molar-refractivity contribution in [3.63, 3.8) is 0 Å². The number of hydrogen-bond acceptors (Lipinski definition) is 7. The van der Waals surface area contributed by atoms with E-state index in [0.717, 1.165) is 17.5 Å². The molecule has 1 aliphatic rings. The van der Waals surface area contributed by atoms with Gasteiger partial charge in [-0.3, -0.25) is 9.59 Å². The Bertz CT molecular complexity index is 1900. The SMILES string of the molecule is C[Si](C)(C)CCOCn1nc2c3oc(-c4ccccc4)c(-c4ccc([C]5COC5C(N)=O)cc4)c(=O)c3ccn2c1=O. The Morgan fingerprint density at radius 2 is 1.74 bits per heavy atom. The van der Waals surface area contributed by atoms with Crippen LogP contribution in [0.2, 0.25) is 25.7 Å². The van der Waals surface area contributed by atoms with Crippen molar-refractivity contribution < 1.29 is 18.7 Å². The first kappa shape index (κ1) is 27.8. The highest BCUT2D eigenvalue weighted by atomic mass is 28.3. The lowest BCUT2D eigenvalue weighted by molar-refractivity contribution is -0.135. The van der Waals surface area contributed by atoms with Crippen molar-refractivity contribution >= 4 is 30.6 Å². The molecule has 1 amide bonds. The van der Waals surface area contributed by atoms with Gasteiger partial charge in [-0.25, -0.2) is 9.20 Å². The standard InChI is InChI=1S/C31H31N4O6Si/c1-42(2,3)16-15-39-18-35-31(38)34-14-13-22-25(36)24(20-11-9-19(10-12-20)23-17-40-27(23)29(32)37)26(21-7-5-4-6-8-21)41-28(22)30(34)33-35/h4-14,27H,15-18H2,1-3H3,(H2,32,37). The summed E-state index contributed by atoms with van der Waals surface area (Å²) in [5.41, 5.74) is 7.78. The molecule has 2 N–H and O–H groups in total. The summed E-state index contributed by atoms with van der Waals surface area (Å²) >= 11 is 0. The fourth-order valence-electron chi connectivity index (χ4n) is 4.98. The summed E-state index contributed by atoms with van der Waals surface area (Å²) in [4.78, 5) is 38.8. The van der Waals surface area contributed by atoms with Gasteiger partial charge in [0, 0.05) is 26.4 Å². The lowest BCUT2D eigenvalue weighted by Crippen LogP contribution is -2.47. The molecule has 1 radical (unpaired) electrons. The molecule has 3 aromatic heterocycles. The number of fused-ring (bicyclic) bond motifs is 3. The van der Waals surface area contributed by atoms with Gasteiger partial charge in [0.05, 0.1) is 23.5 Å². The molecule has 1 fully saturated rings. The maximum absolute atomic E-state index is 14.1. The van der Waals surface area contributed by atoms with Crippen LogP contribution in [-0.4, -0.2) is 47.5 Å². The van der Waals surface area contributed by atoms with Crippen LogP contribution in [0.4, 0.5) is 0 Å². The average Bonchev–Trinajstić information content (AvgIpc) is 3.26. The lowest BCUT2D eigenvalue weighted by atomic mass is 9.88. The maximum atomic E-state index is 14.1.